The molecule has 410 valence electrons. The van der Waals surface area contributed by atoms with Gasteiger partial charge in [0.25, 0.3) is 0 Å². The minimum absolute atomic E-state index is 0.386. The third-order valence-electron chi connectivity index (χ3n) is 11.3. The highest BCUT2D eigenvalue weighted by Crippen LogP contribution is 2.69. The molecule has 19 nitrogen and oxygen atoms in total. The number of hydrogen-bond donors (Lipinski definition) is 3. The van der Waals surface area contributed by atoms with Crippen molar-refractivity contribution in [2.24, 2.45) is 11.8 Å². The van der Waals surface area contributed by atoms with Gasteiger partial charge in [-0.05, 0) is 139 Å². The summed E-state index contributed by atoms with van der Waals surface area (Å²) in [5, 5.41) is 2.45. The van der Waals surface area contributed by atoms with Crippen LogP contribution in [0.3, 0.4) is 0 Å². The summed E-state index contributed by atoms with van der Waals surface area (Å²) >= 11 is 0. The average Bonchev–Trinajstić information content (AvgIpc) is 3.29. The Bertz CT molecular complexity index is 1930. The summed E-state index contributed by atoms with van der Waals surface area (Å²) in [4.78, 5) is 76.2. The zero-order valence-corrected chi connectivity index (χ0v) is 46.8. The van der Waals surface area contributed by atoms with Crippen LogP contribution in [0.25, 0.3) is 0 Å². The molecule has 0 aliphatic carbocycles. The highest BCUT2D eigenvalue weighted by molar-refractivity contribution is 7.67. The molecule has 1 aliphatic heterocycles. The van der Waals surface area contributed by atoms with E-state index in [9.17, 15) is 29.0 Å². The van der Waals surface area contributed by atoms with Crippen molar-refractivity contribution in [3.05, 3.63) is 81.5 Å². The minimum Gasteiger partial charge on any atom is -0.601 e. The van der Waals surface area contributed by atoms with Crippen molar-refractivity contribution in [2.45, 2.75) is 197 Å². The molecule has 72 heavy (non-hydrogen) atoms. The second-order valence-electron chi connectivity index (χ2n) is 18.3. The molecule has 1 rings (SSSR count). The maximum Gasteiger partial charge on any atom is 0.461 e. The lowest BCUT2D eigenvalue weighted by atomic mass is 9.96. The van der Waals surface area contributed by atoms with Crippen LogP contribution in [0.15, 0.2) is 81.5 Å². The molecule has 21 heteroatoms. The van der Waals surface area contributed by atoms with E-state index in [1.54, 1.807) is 6.08 Å². The smallest absolute Gasteiger partial charge is 0.461 e. The molecule has 0 spiro atoms. The van der Waals surface area contributed by atoms with Gasteiger partial charge in [0.15, 0.2) is 12.2 Å². The van der Waals surface area contributed by atoms with Crippen LogP contribution in [-0.4, -0.2) is 80.9 Å². The number of allylic oxidation sites excluding steroid dienone is 13. The summed E-state index contributed by atoms with van der Waals surface area (Å²) in [6, 6.07) is -1.60. The number of nitrogens with two attached hydrogens (primary N) is 2. The largest absolute Gasteiger partial charge is 0.601 e. The van der Waals surface area contributed by atoms with Gasteiger partial charge in [0.2, 0.25) is 12.2 Å². The first kappa shape index (κ1) is 66.5. The van der Waals surface area contributed by atoms with Gasteiger partial charge in [0, 0.05) is 25.1 Å². The maximum atomic E-state index is 13.9. The first-order chi connectivity index (χ1) is 33.9. The zero-order valence-electron chi connectivity index (χ0n) is 45.0. The minimum atomic E-state index is -5.31. The first-order valence-electron chi connectivity index (χ1n) is 24.4. The van der Waals surface area contributed by atoms with Gasteiger partial charge < -0.3 is 38.8 Å². The highest BCUT2D eigenvalue weighted by atomic mass is 31.3. The predicted molar refractivity (Wildman–Crippen MR) is 275 cm³/mol. The number of rotatable bonds is 34. The van der Waals surface area contributed by atoms with Crippen molar-refractivity contribution in [1.29, 1.82) is 0 Å². The molecule has 8 atom stereocenters. The van der Waals surface area contributed by atoms with E-state index in [-0.39, 0.29) is 6.61 Å². The van der Waals surface area contributed by atoms with E-state index in [0.29, 0.717) is 6.42 Å². The van der Waals surface area contributed by atoms with Crippen LogP contribution >= 0.6 is 16.3 Å². The molecule has 1 aliphatic rings. The van der Waals surface area contributed by atoms with Crippen molar-refractivity contribution in [1.82, 2.24) is 5.32 Å². The predicted octanol–water partition coefficient (Wildman–Crippen LogP) is 8.89. The van der Waals surface area contributed by atoms with Crippen LogP contribution in [0.1, 0.15) is 160 Å². The molecule has 0 bridgehead atoms. The molecule has 1 heterocycles. The topological polar surface area (TPSA) is 271 Å². The summed E-state index contributed by atoms with van der Waals surface area (Å²) in [7, 11) is -9.21. The average molecular weight is 1060 g/mol. The van der Waals surface area contributed by atoms with Gasteiger partial charge in [0.1, 0.15) is 31.5 Å². The molecule has 5 N–H and O–H groups in total. The Balaban J connectivity index is 2.83. The number of phosphoric acid groups is 2. The lowest BCUT2D eigenvalue weighted by Gasteiger charge is -2.45. The van der Waals surface area contributed by atoms with Crippen LogP contribution in [0, 0.1) is 0 Å². The Kier molecular flexibility index (Phi) is 32.9. The van der Waals surface area contributed by atoms with Gasteiger partial charge >= 0.3 is 34.2 Å². The zero-order chi connectivity index (χ0) is 54.4. The van der Waals surface area contributed by atoms with Gasteiger partial charge in [-0.2, -0.15) is 16.3 Å². The van der Waals surface area contributed by atoms with E-state index in [1.807, 2.05) is 6.92 Å². The van der Waals surface area contributed by atoms with Crippen LogP contribution in [0.2, 0.25) is 0 Å². The fourth-order valence-electron chi connectivity index (χ4n) is 7.26. The van der Waals surface area contributed by atoms with E-state index in [2.05, 4.69) is 99.5 Å². The number of amides is 1. The third kappa shape index (κ3) is 28.8. The van der Waals surface area contributed by atoms with Crippen molar-refractivity contribution in [3.8, 4) is 0 Å². The number of carbonyl (C=O) groups is 4. The molecule has 2 unspecified atom stereocenters. The fourth-order valence-corrected chi connectivity index (χ4v) is 9.69. The van der Waals surface area contributed by atoms with E-state index < -0.39 is 83.5 Å². The van der Waals surface area contributed by atoms with Crippen molar-refractivity contribution in [2.75, 3.05) is 20.3 Å². The Morgan fingerprint density at radius 1 is 0.625 bits per heavy atom. The Morgan fingerprint density at radius 3 is 1.43 bits per heavy atom. The van der Waals surface area contributed by atoms with Gasteiger partial charge in [-0.3, -0.25) is 14.4 Å². The molecule has 0 aromatic heterocycles. The van der Waals surface area contributed by atoms with Gasteiger partial charge in [0.05, 0.1) is 7.11 Å². The van der Waals surface area contributed by atoms with Crippen molar-refractivity contribution < 1.29 is 75.3 Å². The summed E-state index contributed by atoms with van der Waals surface area (Å²) < 4.78 is 51.8. The second-order valence-corrected chi connectivity index (χ2v) is 21.6. The van der Waals surface area contributed by atoms with Crippen molar-refractivity contribution >= 4 is 40.2 Å². The van der Waals surface area contributed by atoms with E-state index >= 15 is 0 Å². The molecule has 0 aromatic rings. The van der Waals surface area contributed by atoms with E-state index in [4.69, 9.17) is 48.8 Å². The van der Waals surface area contributed by atoms with E-state index in [1.165, 1.54) is 40.4 Å². The maximum absolute atomic E-state index is 13.9. The number of ether oxygens (including phenoxy) is 5. The summed E-state index contributed by atoms with van der Waals surface area (Å²) in [6.45, 7) is 20.6. The van der Waals surface area contributed by atoms with Gasteiger partial charge in [-0.25, -0.2) is 4.79 Å². The number of carbonyl (C=O) groups excluding carboxylic acids is 4. The Labute approximate surface area is 430 Å². The standard InChI is InChI=1S/C51H85N3O16P2/c1-35(2)20-14-21-36(3)22-15-23-37(4)24-16-25-38(5)26-17-27-39(6)28-18-29-40(7)30-19-31-41(8)32-33-63-71(59,68-52)70-72(60,69-53)67-51-47(54-43(10)55)49(64-42(9)50(58)61-13)48(65-45(12)57)46(66-51)34-62-44(11)56/h20,22,24,26,28,30,32,42,46-49,51H,14-19,21,23,25,27,29,31,33-34,52-53H2,1-13H3,(H,54,55)/b36-22+,37-24+,38-26-,39-28-,40-30-,41-32-/t42-,46+,47+,48+,49+,51+,71?,72?/m0/s1. The van der Waals surface area contributed by atoms with Crippen molar-refractivity contribution in [3.63, 3.8) is 0 Å². The van der Waals surface area contributed by atoms with Gasteiger partial charge in [-0.1, -0.05) is 90.8 Å². The molecular formula is C51H85N3O16P2. The molecule has 0 radical (unpaired) electrons. The third-order valence-corrected chi connectivity index (χ3v) is 14.3. The lowest BCUT2D eigenvalue weighted by molar-refractivity contribution is -0.307. The normalized spacial score (nSPS) is 21.5. The van der Waals surface area contributed by atoms with Crippen LogP contribution in [-0.2, 0) is 65.5 Å². The monoisotopic (exact) mass is 1060 g/mol. The number of esters is 3. The molecular weight excluding hydrogens is 973 g/mol. The summed E-state index contributed by atoms with van der Waals surface area (Å²) in [5.74, 6) is 7.37. The second kappa shape index (κ2) is 35.6. The van der Waals surface area contributed by atoms with Crippen LogP contribution < -0.4 is 26.9 Å². The van der Waals surface area contributed by atoms with Crippen LogP contribution in [0.4, 0.5) is 0 Å². The summed E-state index contributed by atoms with van der Waals surface area (Å²) in [6.07, 6.45) is 19.5. The Hall–Kier alpha value is -3.52. The summed E-state index contributed by atoms with van der Waals surface area (Å²) in [5.41, 5.74) is 9.21. The number of methoxy groups -OCH3 is 1. The quantitative estimate of drug-likeness (QED) is 0.0178. The number of hydrogen-bond acceptors (Lipinski definition) is 18. The van der Waals surface area contributed by atoms with Crippen LogP contribution in [0.5, 0.6) is 0 Å². The molecule has 0 saturated carbocycles. The fraction of sp³-hybridized carbons (Fsp3) is 0.647. The molecule has 1 amide bonds. The highest BCUT2D eigenvalue weighted by Gasteiger charge is 2.59. The number of nitrogens with one attached hydrogen (secondary N) is 1. The first-order valence-corrected chi connectivity index (χ1v) is 27.3. The SMILES string of the molecule is COC(=O)[C@H](C)O[C@@H]1[C@@H](NC(C)=O)[C@@H](O[P+]([O-])(ON)O[P+]([O-])(ON)OC/C=C(/C)CC/C=C(/C)CC/C=C(/C)CC/C=C(/C)CC/C=C(\C)CC/C=C(\C)CCC=C(C)C)O[C@H](COC(C)=O)[C@H]1OC(C)=O. The van der Waals surface area contributed by atoms with Gasteiger partial charge in [-0.15, -0.1) is 4.52 Å². The Morgan fingerprint density at radius 2 is 1.06 bits per heavy atom. The molecule has 1 fully saturated rings. The molecule has 0 aromatic carbocycles. The molecule has 1 saturated heterocycles. The van der Waals surface area contributed by atoms with E-state index in [0.717, 1.165) is 104 Å². The lowest BCUT2D eigenvalue weighted by Crippen LogP contribution is -2.67.